The summed E-state index contributed by atoms with van der Waals surface area (Å²) in [5, 5.41) is 3.01. The maximum atomic E-state index is 12.2. The van der Waals surface area contributed by atoms with E-state index in [2.05, 4.69) is 34.3 Å². The van der Waals surface area contributed by atoms with Gasteiger partial charge < -0.3 is 15.1 Å². The molecule has 2 aliphatic heterocycles. The van der Waals surface area contributed by atoms with Crippen molar-refractivity contribution >= 4 is 11.8 Å². The van der Waals surface area contributed by atoms with Crippen molar-refractivity contribution in [3.63, 3.8) is 0 Å². The van der Waals surface area contributed by atoms with Crippen LogP contribution >= 0.6 is 0 Å². The Morgan fingerprint density at radius 2 is 2.09 bits per heavy atom. The molecule has 1 atom stereocenters. The number of aromatic nitrogens is 1. The molecule has 1 N–H and O–H groups in total. The summed E-state index contributed by atoms with van der Waals surface area (Å²) in [5.41, 5.74) is 1.06. The van der Waals surface area contributed by atoms with Crippen molar-refractivity contribution in [1.29, 1.82) is 0 Å². The first-order valence-electron chi connectivity index (χ1n) is 8.45. The summed E-state index contributed by atoms with van der Waals surface area (Å²) in [6.07, 6.45) is 6.74. The lowest BCUT2D eigenvalue weighted by Gasteiger charge is -2.30. The highest BCUT2D eigenvalue weighted by Gasteiger charge is 2.20. The number of hydrogen-bond donors (Lipinski definition) is 1. The Labute approximate surface area is 132 Å². The number of carbonyl (C=O) groups excluding carboxylic acids is 1. The zero-order chi connectivity index (χ0) is 15.4. The van der Waals surface area contributed by atoms with Crippen molar-refractivity contribution < 1.29 is 4.79 Å². The second kappa shape index (κ2) is 6.99. The lowest BCUT2D eigenvalue weighted by atomic mass is 10.0. The van der Waals surface area contributed by atoms with Crippen molar-refractivity contribution in [1.82, 2.24) is 15.2 Å². The summed E-state index contributed by atoms with van der Waals surface area (Å²) in [6, 6.07) is 4.19. The Balaban J connectivity index is 1.49. The Morgan fingerprint density at radius 3 is 2.77 bits per heavy atom. The number of hydrogen-bond acceptors (Lipinski definition) is 3. The molecule has 3 rings (SSSR count). The third-order valence-electron chi connectivity index (χ3n) is 4.63. The lowest BCUT2D eigenvalue weighted by Crippen LogP contribution is -2.44. The number of pyridine rings is 1. The summed E-state index contributed by atoms with van der Waals surface area (Å²) in [4.78, 5) is 21.0. The standard InChI is InChI=1S/C17H26N4O/c1-14-5-4-10-21(13-14)17(22)19-12-15-6-7-16(18-11-15)20-8-2-3-9-20/h6-7,11,14H,2-5,8-10,12-13H2,1H3,(H,19,22). The van der Waals surface area contributed by atoms with Crippen molar-refractivity contribution in [2.45, 2.75) is 39.2 Å². The van der Waals surface area contributed by atoms with Crippen molar-refractivity contribution in [2.75, 3.05) is 31.1 Å². The van der Waals surface area contributed by atoms with Crippen molar-refractivity contribution in [3.05, 3.63) is 23.9 Å². The van der Waals surface area contributed by atoms with Gasteiger partial charge in [-0.15, -0.1) is 0 Å². The van der Waals surface area contributed by atoms with Gasteiger partial charge in [-0.2, -0.15) is 0 Å². The minimum Gasteiger partial charge on any atom is -0.357 e. The van der Waals surface area contributed by atoms with E-state index < -0.39 is 0 Å². The van der Waals surface area contributed by atoms with Gasteiger partial charge in [-0.25, -0.2) is 9.78 Å². The van der Waals surface area contributed by atoms with Crippen LogP contribution < -0.4 is 10.2 Å². The molecule has 0 aromatic carbocycles. The maximum absolute atomic E-state index is 12.2. The second-order valence-corrected chi connectivity index (χ2v) is 6.57. The van der Waals surface area contributed by atoms with E-state index in [1.54, 1.807) is 0 Å². The fraction of sp³-hybridized carbons (Fsp3) is 0.647. The highest BCUT2D eigenvalue weighted by molar-refractivity contribution is 5.74. The van der Waals surface area contributed by atoms with E-state index >= 15 is 0 Å². The summed E-state index contributed by atoms with van der Waals surface area (Å²) < 4.78 is 0. The van der Waals surface area contributed by atoms with Crippen LogP contribution in [0.5, 0.6) is 0 Å². The molecule has 120 valence electrons. The second-order valence-electron chi connectivity index (χ2n) is 6.57. The summed E-state index contributed by atoms with van der Waals surface area (Å²) in [5.74, 6) is 1.67. The summed E-state index contributed by atoms with van der Waals surface area (Å²) in [7, 11) is 0. The highest BCUT2D eigenvalue weighted by atomic mass is 16.2. The molecule has 3 heterocycles. The van der Waals surface area contributed by atoms with E-state index in [9.17, 15) is 4.79 Å². The number of piperidine rings is 1. The van der Waals surface area contributed by atoms with E-state index in [0.717, 1.165) is 44.0 Å². The normalized spacial score (nSPS) is 22.0. The quantitative estimate of drug-likeness (QED) is 0.933. The average Bonchev–Trinajstić information content (AvgIpc) is 3.07. The fourth-order valence-electron chi connectivity index (χ4n) is 3.32. The molecule has 22 heavy (non-hydrogen) atoms. The minimum atomic E-state index is 0.0511. The van der Waals surface area contributed by atoms with E-state index in [1.165, 1.54) is 19.3 Å². The van der Waals surface area contributed by atoms with Crippen molar-refractivity contribution in [2.24, 2.45) is 5.92 Å². The molecule has 1 aromatic rings. The zero-order valence-corrected chi connectivity index (χ0v) is 13.4. The number of rotatable bonds is 3. The van der Waals surface area contributed by atoms with Gasteiger partial charge in [0.25, 0.3) is 0 Å². The van der Waals surface area contributed by atoms with Crippen LogP contribution in [0.4, 0.5) is 10.6 Å². The first-order valence-corrected chi connectivity index (χ1v) is 8.45. The van der Waals surface area contributed by atoms with Crippen molar-refractivity contribution in [3.8, 4) is 0 Å². The Hall–Kier alpha value is -1.78. The SMILES string of the molecule is CC1CCCN(C(=O)NCc2ccc(N3CCCC3)nc2)C1. The monoisotopic (exact) mass is 302 g/mol. The number of amides is 2. The van der Waals surface area contributed by atoms with E-state index in [1.807, 2.05) is 11.1 Å². The van der Waals surface area contributed by atoms with Gasteiger partial charge in [-0.1, -0.05) is 13.0 Å². The topological polar surface area (TPSA) is 48.5 Å². The van der Waals surface area contributed by atoms with Gasteiger partial charge in [0.1, 0.15) is 5.82 Å². The van der Waals surface area contributed by atoms with Gasteiger partial charge in [0.15, 0.2) is 0 Å². The zero-order valence-electron chi connectivity index (χ0n) is 13.4. The molecule has 0 spiro atoms. The lowest BCUT2D eigenvalue weighted by molar-refractivity contribution is 0.169. The van der Waals surface area contributed by atoms with Crippen LogP contribution in [0.1, 0.15) is 38.2 Å². The predicted molar refractivity (Wildman–Crippen MR) is 87.9 cm³/mol. The Kier molecular flexibility index (Phi) is 4.80. The van der Waals surface area contributed by atoms with Gasteiger partial charge >= 0.3 is 6.03 Å². The van der Waals surface area contributed by atoms with Crippen LogP contribution in [0.25, 0.3) is 0 Å². The van der Waals surface area contributed by atoms with Crippen LogP contribution in [0.2, 0.25) is 0 Å². The number of nitrogens with one attached hydrogen (secondary N) is 1. The average molecular weight is 302 g/mol. The molecule has 2 fully saturated rings. The van der Waals surface area contributed by atoms with Gasteiger partial charge in [0.05, 0.1) is 0 Å². The maximum Gasteiger partial charge on any atom is 0.317 e. The van der Waals surface area contributed by atoms with Gasteiger partial charge in [-0.05, 0) is 43.2 Å². The van der Waals surface area contributed by atoms with Gasteiger partial charge in [0, 0.05) is 38.9 Å². The van der Waals surface area contributed by atoms with E-state index in [0.29, 0.717) is 12.5 Å². The number of likely N-dealkylation sites (tertiary alicyclic amines) is 1. The smallest absolute Gasteiger partial charge is 0.317 e. The first-order chi connectivity index (χ1) is 10.7. The summed E-state index contributed by atoms with van der Waals surface area (Å²) >= 11 is 0. The molecule has 5 nitrogen and oxygen atoms in total. The van der Waals surface area contributed by atoms with Crippen LogP contribution in [-0.2, 0) is 6.54 Å². The van der Waals surface area contributed by atoms with Gasteiger partial charge in [0.2, 0.25) is 0 Å². The Bertz CT molecular complexity index is 496. The Morgan fingerprint density at radius 1 is 1.27 bits per heavy atom. The third kappa shape index (κ3) is 3.70. The number of anilines is 1. The summed E-state index contributed by atoms with van der Waals surface area (Å²) in [6.45, 7) is 6.73. The van der Waals surface area contributed by atoms with Crippen LogP contribution in [0.15, 0.2) is 18.3 Å². The third-order valence-corrected chi connectivity index (χ3v) is 4.63. The number of carbonyl (C=O) groups is 1. The molecule has 1 unspecified atom stereocenters. The number of urea groups is 1. The molecule has 0 bridgehead atoms. The van der Waals surface area contributed by atoms with Crippen LogP contribution in [-0.4, -0.2) is 42.1 Å². The molecule has 2 saturated heterocycles. The molecule has 2 amide bonds. The van der Waals surface area contributed by atoms with E-state index in [4.69, 9.17) is 0 Å². The molecule has 1 aromatic heterocycles. The minimum absolute atomic E-state index is 0.0511. The predicted octanol–water partition coefficient (Wildman–Crippen LogP) is 2.62. The molecule has 2 aliphatic rings. The van der Waals surface area contributed by atoms with E-state index in [-0.39, 0.29) is 6.03 Å². The molecule has 0 saturated carbocycles. The molecule has 0 aliphatic carbocycles. The molecule has 0 radical (unpaired) electrons. The molecular formula is C17H26N4O. The largest absolute Gasteiger partial charge is 0.357 e. The molecular weight excluding hydrogens is 276 g/mol. The highest BCUT2D eigenvalue weighted by Crippen LogP contribution is 2.18. The molecule has 5 heteroatoms. The first kappa shape index (κ1) is 15.1. The van der Waals surface area contributed by atoms with Gasteiger partial charge in [-0.3, -0.25) is 0 Å². The number of nitrogens with zero attached hydrogens (tertiary/aromatic N) is 3. The van der Waals surface area contributed by atoms with Crippen LogP contribution in [0, 0.1) is 5.92 Å². The van der Waals surface area contributed by atoms with Crippen LogP contribution in [0.3, 0.4) is 0 Å². The fourth-order valence-corrected chi connectivity index (χ4v) is 3.32.